The van der Waals surface area contributed by atoms with Gasteiger partial charge in [-0.2, -0.15) is 4.31 Å². The Morgan fingerprint density at radius 3 is 2.45 bits per heavy atom. The number of hydrogen-bond acceptors (Lipinski definition) is 3. The number of benzene rings is 1. The molecule has 0 heterocycles. The molecule has 4 nitrogen and oxygen atoms in total. The topological polar surface area (TPSA) is 63.4 Å². The minimum absolute atomic E-state index is 0.0135. The predicted octanol–water partition coefficient (Wildman–Crippen LogP) is 3.04. The van der Waals surface area contributed by atoms with Gasteiger partial charge in [0.2, 0.25) is 10.0 Å². The van der Waals surface area contributed by atoms with Crippen molar-refractivity contribution in [2.75, 3.05) is 6.54 Å². The van der Waals surface area contributed by atoms with E-state index in [-0.39, 0.29) is 29.0 Å². The van der Waals surface area contributed by atoms with Gasteiger partial charge in [0.1, 0.15) is 4.90 Å². The molecular weight excluding hydrogens is 319 g/mol. The maximum absolute atomic E-state index is 12.7. The highest BCUT2D eigenvalue weighted by molar-refractivity contribution is 7.89. The molecule has 0 aromatic heterocycles. The van der Waals surface area contributed by atoms with Gasteiger partial charge in [0.05, 0.1) is 5.02 Å². The van der Waals surface area contributed by atoms with Gasteiger partial charge in [0, 0.05) is 29.7 Å². The van der Waals surface area contributed by atoms with Crippen molar-refractivity contribution in [3.8, 4) is 0 Å². The third-order valence-corrected chi connectivity index (χ3v) is 5.81. The minimum Gasteiger partial charge on any atom is -0.326 e. The molecule has 0 unspecified atom stereocenters. The molecule has 0 radical (unpaired) electrons. The second-order valence-corrected chi connectivity index (χ2v) is 7.14. The summed E-state index contributed by atoms with van der Waals surface area (Å²) in [5.41, 5.74) is 5.99. The fourth-order valence-electron chi connectivity index (χ4n) is 1.80. The van der Waals surface area contributed by atoms with Crippen molar-refractivity contribution in [3.63, 3.8) is 0 Å². The van der Waals surface area contributed by atoms with E-state index in [1.54, 1.807) is 13.8 Å². The van der Waals surface area contributed by atoms with Crippen LogP contribution in [0.1, 0.15) is 19.4 Å². The van der Waals surface area contributed by atoms with Crippen molar-refractivity contribution < 1.29 is 8.42 Å². The number of hydrogen-bond donors (Lipinski definition) is 1. The van der Waals surface area contributed by atoms with Gasteiger partial charge in [-0.1, -0.05) is 29.3 Å². The Morgan fingerprint density at radius 2 is 2.00 bits per heavy atom. The van der Waals surface area contributed by atoms with Crippen molar-refractivity contribution in [1.29, 1.82) is 0 Å². The zero-order chi connectivity index (χ0) is 15.5. The van der Waals surface area contributed by atoms with Crippen LogP contribution >= 0.6 is 23.2 Å². The van der Waals surface area contributed by atoms with E-state index >= 15 is 0 Å². The largest absolute Gasteiger partial charge is 0.326 e. The minimum atomic E-state index is -3.73. The van der Waals surface area contributed by atoms with Crippen LogP contribution in [-0.2, 0) is 16.6 Å². The Balaban J connectivity index is 3.46. The summed E-state index contributed by atoms with van der Waals surface area (Å²) in [7, 11) is -3.73. The zero-order valence-electron chi connectivity index (χ0n) is 11.4. The summed E-state index contributed by atoms with van der Waals surface area (Å²) in [5, 5.41) is 0.436. The summed E-state index contributed by atoms with van der Waals surface area (Å²) in [6.07, 6.45) is 1.53. The lowest BCUT2D eigenvalue weighted by atomic mass is 10.2. The summed E-state index contributed by atoms with van der Waals surface area (Å²) in [5.74, 6) is 0. The molecular formula is C13H18Cl2N2O2S. The molecule has 1 rings (SSSR count). The Hall–Kier alpha value is -0.590. The highest BCUT2D eigenvalue weighted by atomic mass is 35.5. The maximum Gasteiger partial charge on any atom is 0.245 e. The molecule has 0 saturated carbocycles. The molecule has 0 aliphatic carbocycles. The lowest BCUT2D eigenvalue weighted by molar-refractivity contribution is 0.383. The number of halogens is 2. The third-order valence-electron chi connectivity index (χ3n) is 2.83. The van der Waals surface area contributed by atoms with Crippen LogP contribution in [-0.4, -0.2) is 25.3 Å². The normalized spacial score (nSPS) is 12.2. The summed E-state index contributed by atoms with van der Waals surface area (Å²) >= 11 is 12.1. The zero-order valence-corrected chi connectivity index (χ0v) is 13.8. The molecule has 1 aromatic carbocycles. The third kappa shape index (κ3) is 3.35. The summed E-state index contributed by atoms with van der Waals surface area (Å²) in [6.45, 7) is 7.43. The molecule has 20 heavy (non-hydrogen) atoms. The van der Waals surface area contributed by atoms with Crippen molar-refractivity contribution in [2.24, 2.45) is 5.73 Å². The number of sulfonamides is 1. The first-order chi connectivity index (χ1) is 9.27. The van der Waals surface area contributed by atoms with E-state index in [1.165, 1.54) is 22.5 Å². The van der Waals surface area contributed by atoms with Crippen LogP contribution in [0.5, 0.6) is 0 Å². The van der Waals surface area contributed by atoms with Gasteiger partial charge >= 0.3 is 0 Å². The lowest BCUT2D eigenvalue weighted by Gasteiger charge is -2.25. The molecule has 0 fully saturated rings. The van der Waals surface area contributed by atoms with E-state index in [9.17, 15) is 8.42 Å². The van der Waals surface area contributed by atoms with Crippen LogP contribution in [0.15, 0.2) is 29.7 Å². The van der Waals surface area contributed by atoms with Gasteiger partial charge in [-0.05, 0) is 26.0 Å². The van der Waals surface area contributed by atoms with Gasteiger partial charge in [0.25, 0.3) is 0 Å². The van der Waals surface area contributed by atoms with E-state index in [0.29, 0.717) is 10.6 Å². The van der Waals surface area contributed by atoms with E-state index in [0.717, 1.165) is 0 Å². The monoisotopic (exact) mass is 336 g/mol. The second-order valence-electron chi connectivity index (χ2n) is 4.50. The van der Waals surface area contributed by atoms with Gasteiger partial charge in [-0.25, -0.2) is 8.42 Å². The van der Waals surface area contributed by atoms with Gasteiger partial charge < -0.3 is 5.73 Å². The molecule has 0 aliphatic rings. The Bertz CT molecular complexity index is 601. The van der Waals surface area contributed by atoms with Crippen molar-refractivity contribution >= 4 is 33.2 Å². The van der Waals surface area contributed by atoms with Crippen molar-refractivity contribution in [3.05, 3.63) is 40.4 Å². The van der Waals surface area contributed by atoms with Crippen LogP contribution < -0.4 is 5.73 Å². The standard InChI is InChI=1S/C13H18Cl2N2O2S/c1-4-7-17(9(2)3)20(18,19)12-6-5-11(14)10(8-16)13(12)15/h4-6,9H,1,7-8,16H2,2-3H3. The molecule has 0 atom stereocenters. The van der Waals surface area contributed by atoms with Gasteiger partial charge in [-0.15, -0.1) is 6.58 Å². The Kier molecular flexibility index (Phi) is 6.04. The quantitative estimate of drug-likeness (QED) is 0.812. The van der Waals surface area contributed by atoms with Crippen LogP contribution in [0.25, 0.3) is 0 Å². The molecule has 7 heteroatoms. The first-order valence-corrected chi connectivity index (χ1v) is 8.26. The summed E-state index contributed by atoms with van der Waals surface area (Å²) < 4.78 is 26.7. The predicted molar refractivity (Wildman–Crippen MR) is 83.6 cm³/mol. The van der Waals surface area contributed by atoms with Gasteiger partial charge in [-0.3, -0.25) is 0 Å². The van der Waals surface area contributed by atoms with Crippen LogP contribution in [0.2, 0.25) is 10.0 Å². The Morgan fingerprint density at radius 1 is 1.40 bits per heavy atom. The average molecular weight is 337 g/mol. The first kappa shape index (κ1) is 17.5. The van der Waals surface area contributed by atoms with Crippen molar-refractivity contribution in [2.45, 2.75) is 31.3 Å². The van der Waals surface area contributed by atoms with E-state index in [2.05, 4.69) is 6.58 Å². The van der Waals surface area contributed by atoms with Crippen LogP contribution in [0.4, 0.5) is 0 Å². The molecule has 0 saturated heterocycles. The second kappa shape index (κ2) is 6.91. The molecule has 0 aliphatic heterocycles. The van der Waals surface area contributed by atoms with Crippen LogP contribution in [0, 0.1) is 0 Å². The number of rotatable bonds is 6. The Labute approximate surface area is 130 Å². The highest BCUT2D eigenvalue weighted by Crippen LogP contribution is 2.32. The average Bonchev–Trinajstić information content (AvgIpc) is 2.35. The summed E-state index contributed by atoms with van der Waals surface area (Å²) in [4.78, 5) is 0.0135. The fraction of sp³-hybridized carbons (Fsp3) is 0.385. The van der Waals surface area contributed by atoms with Gasteiger partial charge in [0.15, 0.2) is 0 Å². The maximum atomic E-state index is 12.7. The number of nitrogens with two attached hydrogens (primary N) is 1. The molecule has 0 amide bonds. The van der Waals surface area contributed by atoms with Crippen molar-refractivity contribution in [1.82, 2.24) is 4.31 Å². The lowest BCUT2D eigenvalue weighted by Crippen LogP contribution is -2.37. The van der Waals surface area contributed by atoms with E-state index in [1.807, 2.05) is 0 Å². The summed E-state index contributed by atoms with van der Waals surface area (Å²) in [6, 6.07) is 2.68. The smallest absolute Gasteiger partial charge is 0.245 e. The van der Waals surface area contributed by atoms with Crippen LogP contribution in [0.3, 0.4) is 0 Å². The molecule has 1 aromatic rings. The SMILES string of the molecule is C=CCN(C(C)C)S(=O)(=O)c1ccc(Cl)c(CN)c1Cl. The van der Waals surface area contributed by atoms with E-state index in [4.69, 9.17) is 28.9 Å². The molecule has 112 valence electrons. The molecule has 0 bridgehead atoms. The van der Waals surface area contributed by atoms with E-state index < -0.39 is 10.0 Å². The number of nitrogens with zero attached hydrogens (tertiary/aromatic N) is 1. The molecule has 2 N–H and O–H groups in total. The highest BCUT2D eigenvalue weighted by Gasteiger charge is 2.29. The molecule has 0 spiro atoms. The fourth-order valence-corrected chi connectivity index (χ4v) is 4.32. The first-order valence-electron chi connectivity index (χ1n) is 6.07.